The monoisotopic (exact) mass is 433 g/mol. The van der Waals surface area contributed by atoms with E-state index >= 15 is 0 Å². The standard InChI is InChI=1S/C24H33Cl2N3/c1-3-5-7-9-21-23(19-14-13-18(25)15-20(19)26)28-22(10-8-6-4-2)24(29-21)27-16-17-11-12-17/h13-15,17H,3-12,16H2,1-2H3,(H,27,29). The molecule has 1 saturated carbocycles. The van der Waals surface area contributed by atoms with Gasteiger partial charge in [0.2, 0.25) is 0 Å². The maximum Gasteiger partial charge on any atom is 0.148 e. The smallest absolute Gasteiger partial charge is 0.148 e. The fraction of sp³-hybridized carbons (Fsp3) is 0.583. The van der Waals surface area contributed by atoms with Gasteiger partial charge in [-0.3, -0.25) is 0 Å². The van der Waals surface area contributed by atoms with Crippen LogP contribution in [0.5, 0.6) is 0 Å². The molecule has 1 N–H and O–H groups in total. The van der Waals surface area contributed by atoms with E-state index in [4.69, 9.17) is 33.2 Å². The van der Waals surface area contributed by atoms with Crippen molar-refractivity contribution in [3.63, 3.8) is 0 Å². The number of hydrogen-bond donors (Lipinski definition) is 1. The van der Waals surface area contributed by atoms with Crippen LogP contribution in [0, 0.1) is 5.92 Å². The van der Waals surface area contributed by atoms with Gasteiger partial charge >= 0.3 is 0 Å². The van der Waals surface area contributed by atoms with Gasteiger partial charge in [0, 0.05) is 17.1 Å². The van der Waals surface area contributed by atoms with Crippen LogP contribution in [0.25, 0.3) is 11.3 Å². The number of aromatic nitrogens is 2. The Labute approximate surface area is 185 Å². The normalized spacial score (nSPS) is 13.7. The van der Waals surface area contributed by atoms with E-state index in [9.17, 15) is 0 Å². The molecule has 1 aliphatic carbocycles. The number of rotatable bonds is 12. The molecule has 1 heterocycles. The van der Waals surface area contributed by atoms with Crippen LogP contribution < -0.4 is 5.32 Å². The fourth-order valence-corrected chi connectivity index (χ4v) is 4.04. The van der Waals surface area contributed by atoms with Crippen LogP contribution >= 0.6 is 23.2 Å². The highest BCUT2D eigenvalue weighted by Crippen LogP contribution is 2.34. The lowest BCUT2D eigenvalue weighted by atomic mass is 10.0. The van der Waals surface area contributed by atoms with Gasteiger partial charge in [0.15, 0.2) is 0 Å². The Bertz CT molecular complexity index is 803. The predicted octanol–water partition coefficient (Wildman–Crippen LogP) is 7.74. The highest BCUT2D eigenvalue weighted by atomic mass is 35.5. The summed E-state index contributed by atoms with van der Waals surface area (Å²) in [6.45, 7) is 5.46. The number of anilines is 1. The van der Waals surface area contributed by atoms with Crippen LogP contribution in [-0.2, 0) is 12.8 Å². The van der Waals surface area contributed by atoms with E-state index in [0.29, 0.717) is 10.0 Å². The first-order valence-corrected chi connectivity index (χ1v) is 12.0. The number of nitrogens with one attached hydrogen (secondary N) is 1. The Kier molecular flexibility index (Phi) is 8.62. The molecule has 0 amide bonds. The Hall–Kier alpha value is -1.32. The zero-order chi connectivity index (χ0) is 20.6. The van der Waals surface area contributed by atoms with Crippen molar-refractivity contribution in [3.8, 4) is 11.3 Å². The Morgan fingerprint density at radius 3 is 2.24 bits per heavy atom. The van der Waals surface area contributed by atoms with Gasteiger partial charge in [-0.1, -0.05) is 62.7 Å². The molecule has 158 valence electrons. The Morgan fingerprint density at radius 2 is 1.62 bits per heavy atom. The molecule has 0 saturated heterocycles. The first-order valence-electron chi connectivity index (χ1n) is 11.2. The number of nitrogens with zero attached hydrogens (tertiary/aromatic N) is 2. The lowest BCUT2D eigenvalue weighted by Gasteiger charge is -2.17. The molecule has 1 aromatic carbocycles. The van der Waals surface area contributed by atoms with E-state index < -0.39 is 0 Å². The van der Waals surface area contributed by atoms with Crippen molar-refractivity contribution in [2.24, 2.45) is 5.92 Å². The molecule has 1 fully saturated rings. The van der Waals surface area contributed by atoms with E-state index in [2.05, 4.69) is 19.2 Å². The summed E-state index contributed by atoms with van der Waals surface area (Å²) in [6.07, 6.45) is 11.5. The van der Waals surface area contributed by atoms with Crippen molar-refractivity contribution >= 4 is 29.0 Å². The molecule has 0 bridgehead atoms. The molecule has 0 unspecified atom stereocenters. The van der Waals surface area contributed by atoms with Crippen molar-refractivity contribution in [2.75, 3.05) is 11.9 Å². The van der Waals surface area contributed by atoms with Crippen molar-refractivity contribution < 1.29 is 0 Å². The summed E-state index contributed by atoms with van der Waals surface area (Å²) in [5.74, 6) is 1.78. The zero-order valence-electron chi connectivity index (χ0n) is 17.7. The summed E-state index contributed by atoms with van der Waals surface area (Å²) in [4.78, 5) is 10.2. The van der Waals surface area contributed by atoms with Crippen molar-refractivity contribution in [1.29, 1.82) is 0 Å². The van der Waals surface area contributed by atoms with Crippen LogP contribution in [0.1, 0.15) is 76.6 Å². The molecule has 3 nitrogen and oxygen atoms in total. The zero-order valence-corrected chi connectivity index (χ0v) is 19.2. The van der Waals surface area contributed by atoms with Gasteiger partial charge in [-0.05, 0) is 62.6 Å². The van der Waals surface area contributed by atoms with Crippen LogP contribution in [0.3, 0.4) is 0 Å². The summed E-state index contributed by atoms with van der Waals surface area (Å²) in [6, 6.07) is 5.66. The maximum absolute atomic E-state index is 6.56. The number of hydrogen-bond acceptors (Lipinski definition) is 3. The van der Waals surface area contributed by atoms with Crippen molar-refractivity contribution in [2.45, 2.75) is 78.1 Å². The minimum Gasteiger partial charge on any atom is -0.368 e. The number of unbranched alkanes of at least 4 members (excludes halogenated alkanes) is 4. The van der Waals surface area contributed by atoms with E-state index in [1.807, 2.05) is 12.1 Å². The summed E-state index contributed by atoms with van der Waals surface area (Å²) in [7, 11) is 0. The molecule has 1 aliphatic rings. The van der Waals surface area contributed by atoms with Gasteiger partial charge in [-0.2, -0.15) is 0 Å². The minimum absolute atomic E-state index is 0.640. The largest absolute Gasteiger partial charge is 0.368 e. The molecule has 0 radical (unpaired) electrons. The lowest BCUT2D eigenvalue weighted by Crippen LogP contribution is -2.12. The van der Waals surface area contributed by atoms with Crippen molar-refractivity contribution in [1.82, 2.24) is 9.97 Å². The highest BCUT2D eigenvalue weighted by molar-refractivity contribution is 6.36. The SMILES string of the molecule is CCCCCc1nc(-c2ccc(Cl)cc2Cl)c(CCCCC)nc1NCC1CC1. The molecule has 0 atom stereocenters. The van der Waals surface area contributed by atoms with E-state index in [-0.39, 0.29) is 0 Å². The summed E-state index contributed by atoms with van der Waals surface area (Å²) < 4.78 is 0. The van der Waals surface area contributed by atoms with E-state index in [1.165, 1.54) is 38.5 Å². The lowest BCUT2D eigenvalue weighted by molar-refractivity contribution is 0.692. The van der Waals surface area contributed by atoms with Gasteiger partial charge < -0.3 is 5.32 Å². The fourth-order valence-electron chi connectivity index (χ4n) is 3.54. The second-order valence-electron chi connectivity index (χ2n) is 8.18. The Balaban J connectivity index is 1.97. The predicted molar refractivity (Wildman–Crippen MR) is 125 cm³/mol. The molecule has 0 spiro atoms. The molecule has 0 aliphatic heterocycles. The van der Waals surface area contributed by atoms with Gasteiger partial charge in [0.25, 0.3) is 0 Å². The average molecular weight is 434 g/mol. The van der Waals surface area contributed by atoms with Crippen molar-refractivity contribution in [3.05, 3.63) is 39.6 Å². The second kappa shape index (κ2) is 11.2. The van der Waals surface area contributed by atoms with Gasteiger partial charge in [-0.15, -0.1) is 0 Å². The molecule has 5 heteroatoms. The number of aryl methyl sites for hydroxylation is 2. The van der Waals surface area contributed by atoms with Gasteiger partial charge in [0.1, 0.15) is 5.82 Å². The molecular weight excluding hydrogens is 401 g/mol. The topological polar surface area (TPSA) is 37.8 Å². The molecule has 3 rings (SSSR count). The van der Waals surface area contributed by atoms with Crippen LogP contribution in [0.4, 0.5) is 5.82 Å². The van der Waals surface area contributed by atoms with Crippen LogP contribution in [0.2, 0.25) is 10.0 Å². The number of halogens is 2. The third-order valence-electron chi connectivity index (χ3n) is 5.52. The maximum atomic E-state index is 6.56. The summed E-state index contributed by atoms with van der Waals surface area (Å²) in [5.41, 5.74) is 3.96. The molecule has 2 aromatic rings. The van der Waals surface area contributed by atoms with Crippen LogP contribution in [0.15, 0.2) is 18.2 Å². The third kappa shape index (κ3) is 6.58. The average Bonchev–Trinajstić information content (AvgIpc) is 3.52. The second-order valence-corrected chi connectivity index (χ2v) is 9.02. The quantitative estimate of drug-likeness (QED) is 0.347. The third-order valence-corrected chi connectivity index (χ3v) is 6.06. The summed E-state index contributed by atoms with van der Waals surface area (Å²) >= 11 is 12.7. The summed E-state index contributed by atoms with van der Waals surface area (Å²) in [5, 5.41) is 4.89. The van der Waals surface area contributed by atoms with E-state index in [0.717, 1.165) is 66.6 Å². The Morgan fingerprint density at radius 1 is 0.931 bits per heavy atom. The van der Waals surface area contributed by atoms with Gasteiger partial charge in [-0.25, -0.2) is 9.97 Å². The first-order chi connectivity index (χ1) is 14.1. The number of benzene rings is 1. The molecule has 1 aromatic heterocycles. The van der Waals surface area contributed by atoms with Crippen LogP contribution in [-0.4, -0.2) is 16.5 Å². The minimum atomic E-state index is 0.640. The van der Waals surface area contributed by atoms with Gasteiger partial charge in [0.05, 0.1) is 22.1 Å². The molecular formula is C24H33Cl2N3. The molecule has 29 heavy (non-hydrogen) atoms. The highest BCUT2D eigenvalue weighted by Gasteiger charge is 2.23. The first kappa shape index (κ1) is 22.4. The van der Waals surface area contributed by atoms with E-state index in [1.54, 1.807) is 6.07 Å².